The fourth-order valence-electron chi connectivity index (χ4n) is 2.66. The molecule has 0 radical (unpaired) electrons. The van der Waals surface area contributed by atoms with Crippen LogP contribution in [-0.2, 0) is 0 Å². The summed E-state index contributed by atoms with van der Waals surface area (Å²) in [7, 11) is 0. The summed E-state index contributed by atoms with van der Waals surface area (Å²) in [5.41, 5.74) is 0.891. The quantitative estimate of drug-likeness (QED) is 0.610. The zero-order valence-electron chi connectivity index (χ0n) is 9.35. The van der Waals surface area contributed by atoms with Gasteiger partial charge in [0.15, 0.2) is 0 Å². The van der Waals surface area contributed by atoms with Crippen molar-refractivity contribution in [3.8, 4) is 0 Å². The molecular weight excluding hydrogens is 160 g/mol. The van der Waals surface area contributed by atoms with E-state index in [1.54, 1.807) is 0 Å². The highest BCUT2D eigenvalue weighted by molar-refractivity contribution is 5.05. The third-order valence-electron chi connectivity index (χ3n) is 3.83. The minimum absolute atomic E-state index is 0.342. The number of nitrogens with one attached hydrogen (secondary N) is 1. The molecule has 1 N–H and O–H groups in total. The number of hydrogen-bond donors (Lipinski definition) is 1. The van der Waals surface area contributed by atoms with Gasteiger partial charge in [-0.3, -0.25) is 4.90 Å². The van der Waals surface area contributed by atoms with Crippen LogP contribution < -0.4 is 5.32 Å². The Hall–Kier alpha value is -0.0800. The topological polar surface area (TPSA) is 15.3 Å². The molecule has 13 heavy (non-hydrogen) atoms. The zero-order valence-corrected chi connectivity index (χ0v) is 9.35. The van der Waals surface area contributed by atoms with E-state index in [1.807, 2.05) is 0 Å². The molecule has 2 heteroatoms. The van der Waals surface area contributed by atoms with Crippen LogP contribution in [0.5, 0.6) is 0 Å². The number of likely N-dealkylation sites (tertiary alicyclic amines) is 1. The van der Waals surface area contributed by atoms with E-state index in [1.165, 1.54) is 26.1 Å². The first-order valence-corrected chi connectivity index (χ1v) is 5.40. The molecule has 2 nitrogen and oxygen atoms in total. The summed E-state index contributed by atoms with van der Waals surface area (Å²) in [4.78, 5) is 2.61. The molecule has 2 aliphatic heterocycles. The lowest BCUT2D eigenvalue weighted by molar-refractivity contribution is 0.150. The zero-order chi connectivity index (χ0) is 9.69. The average Bonchev–Trinajstić information content (AvgIpc) is 2.39. The molecule has 2 aliphatic rings. The second-order valence-corrected chi connectivity index (χ2v) is 5.96. The molecule has 0 aromatic carbocycles. The van der Waals surface area contributed by atoms with Gasteiger partial charge in [-0.2, -0.15) is 0 Å². The van der Waals surface area contributed by atoms with Crippen LogP contribution in [0, 0.1) is 5.41 Å². The van der Waals surface area contributed by atoms with Gasteiger partial charge in [-0.25, -0.2) is 0 Å². The average molecular weight is 182 g/mol. The molecule has 0 aromatic heterocycles. The minimum Gasteiger partial charge on any atom is -0.312 e. The van der Waals surface area contributed by atoms with Crippen molar-refractivity contribution < 1.29 is 0 Å². The molecule has 0 spiro atoms. The Morgan fingerprint density at radius 2 is 2.08 bits per heavy atom. The fraction of sp³-hybridized carbons (Fsp3) is 1.00. The Labute approximate surface area is 81.7 Å². The molecule has 0 aliphatic carbocycles. The largest absolute Gasteiger partial charge is 0.312 e. The van der Waals surface area contributed by atoms with Crippen LogP contribution in [-0.4, -0.2) is 36.1 Å². The van der Waals surface area contributed by atoms with E-state index in [4.69, 9.17) is 0 Å². The molecule has 2 unspecified atom stereocenters. The van der Waals surface area contributed by atoms with Crippen molar-refractivity contribution in [2.75, 3.05) is 19.6 Å². The maximum Gasteiger partial charge on any atom is 0.0261 e. The van der Waals surface area contributed by atoms with Gasteiger partial charge in [0, 0.05) is 24.7 Å². The number of fused-ring (bicyclic) bond motifs is 1. The van der Waals surface area contributed by atoms with Crippen molar-refractivity contribution in [3.05, 3.63) is 0 Å². The van der Waals surface area contributed by atoms with E-state index in [0.29, 0.717) is 11.0 Å². The van der Waals surface area contributed by atoms with Crippen LogP contribution in [0.4, 0.5) is 0 Å². The van der Waals surface area contributed by atoms with E-state index in [0.717, 1.165) is 6.04 Å². The molecule has 2 rings (SSSR count). The van der Waals surface area contributed by atoms with Gasteiger partial charge < -0.3 is 5.32 Å². The van der Waals surface area contributed by atoms with Crippen molar-refractivity contribution in [1.29, 1.82) is 0 Å². The number of rotatable bonds is 0. The van der Waals surface area contributed by atoms with E-state index in [9.17, 15) is 0 Å². The third-order valence-corrected chi connectivity index (χ3v) is 3.83. The van der Waals surface area contributed by atoms with Gasteiger partial charge in [-0.05, 0) is 39.2 Å². The molecule has 2 saturated heterocycles. The van der Waals surface area contributed by atoms with Gasteiger partial charge in [-0.1, -0.05) is 6.92 Å². The summed E-state index contributed by atoms with van der Waals surface area (Å²) in [6.45, 7) is 13.1. The van der Waals surface area contributed by atoms with Crippen molar-refractivity contribution in [2.45, 2.75) is 45.7 Å². The lowest BCUT2D eigenvalue weighted by Gasteiger charge is -2.33. The summed E-state index contributed by atoms with van der Waals surface area (Å²) in [5.74, 6) is 0. The van der Waals surface area contributed by atoms with Gasteiger partial charge in [-0.15, -0.1) is 0 Å². The summed E-state index contributed by atoms with van der Waals surface area (Å²) < 4.78 is 0. The van der Waals surface area contributed by atoms with Crippen LogP contribution in [0.15, 0.2) is 0 Å². The van der Waals surface area contributed by atoms with Crippen LogP contribution in [0.3, 0.4) is 0 Å². The maximum absolute atomic E-state index is 3.62. The van der Waals surface area contributed by atoms with E-state index in [-0.39, 0.29) is 0 Å². The molecule has 76 valence electrons. The van der Waals surface area contributed by atoms with Crippen LogP contribution in [0.1, 0.15) is 34.1 Å². The molecule has 2 atom stereocenters. The van der Waals surface area contributed by atoms with Crippen molar-refractivity contribution in [1.82, 2.24) is 10.2 Å². The normalized spacial score (nSPS) is 41.1. The van der Waals surface area contributed by atoms with E-state index >= 15 is 0 Å². The number of nitrogens with zero attached hydrogens (tertiary/aromatic N) is 1. The monoisotopic (exact) mass is 182 g/mol. The Balaban J connectivity index is 2.10. The molecule has 0 bridgehead atoms. The standard InChI is InChI=1S/C11H22N2/c1-10(2,3)13-7-9-11(4,8-13)5-6-12-9/h9,12H,5-8H2,1-4H3. The van der Waals surface area contributed by atoms with Crippen LogP contribution in [0.2, 0.25) is 0 Å². The summed E-state index contributed by atoms with van der Waals surface area (Å²) >= 11 is 0. The van der Waals surface area contributed by atoms with Crippen molar-refractivity contribution >= 4 is 0 Å². The van der Waals surface area contributed by atoms with Gasteiger partial charge in [0.1, 0.15) is 0 Å². The molecule has 0 amide bonds. The van der Waals surface area contributed by atoms with Crippen LogP contribution >= 0.6 is 0 Å². The molecular formula is C11H22N2. The first-order chi connectivity index (χ1) is 5.92. The molecule has 0 saturated carbocycles. The SMILES string of the molecule is CC12CCNC1CN(C(C)(C)C)C2. The molecule has 2 heterocycles. The Morgan fingerprint density at radius 1 is 1.38 bits per heavy atom. The number of hydrogen-bond acceptors (Lipinski definition) is 2. The maximum atomic E-state index is 3.62. The predicted molar refractivity (Wildman–Crippen MR) is 55.8 cm³/mol. The summed E-state index contributed by atoms with van der Waals surface area (Å²) in [6.07, 6.45) is 1.35. The Kier molecular flexibility index (Phi) is 1.97. The van der Waals surface area contributed by atoms with E-state index in [2.05, 4.69) is 37.9 Å². The smallest absolute Gasteiger partial charge is 0.0261 e. The minimum atomic E-state index is 0.342. The van der Waals surface area contributed by atoms with Gasteiger partial charge in [0.2, 0.25) is 0 Å². The third kappa shape index (κ3) is 1.50. The van der Waals surface area contributed by atoms with Gasteiger partial charge >= 0.3 is 0 Å². The van der Waals surface area contributed by atoms with Gasteiger partial charge in [0.05, 0.1) is 0 Å². The Bertz CT molecular complexity index is 207. The lowest BCUT2D eigenvalue weighted by Crippen LogP contribution is -2.42. The van der Waals surface area contributed by atoms with Gasteiger partial charge in [0.25, 0.3) is 0 Å². The van der Waals surface area contributed by atoms with Crippen LogP contribution in [0.25, 0.3) is 0 Å². The fourth-order valence-corrected chi connectivity index (χ4v) is 2.66. The van der Waals surface area contributed by atoms with E-state index < -0.39 is 0 Å². The first kappa shape index (κ1) is 9.47. The van der Waals surface area contributed by atoms with Crippen molar-refractivity contribution in [2.24, 2.45) is 5.41 Å². The Morgan fingerprint density at radius 3 is 2.62 bits per heavy atom. The summed E-state index contributed by atoms with van der Waals surface area (Å²) in [6, 6.07) is 0.742. The molecule has 0 aromatic rings. The molecule has 2 fully saturated rings. The highest BCUT2D eigenvalue weighted by Crippen LogP contribution is 2.39. The second kappa shape index (κ2) is 2.71. The lowest BCUT2D eigenvalue weighted by atomic mass is 9.86. The predicted octanol–water partition coefficient (Wildman–Crippen LogP) is 1.47. The van der Waals surface area contributed by atoms with Crippen molar-refractivity contribution in [3.63, 3.8) is 0 Å². The first-order valence-electron chi connectivity index (χ1n) is 5.40. The summed E-state index contributed by atoms with van der Waals surface area (Å²) in [5, 5.41) is 3.62. The second-order valence-electron chi connectivity index (χ2n) is 5.96. The highest BCUT2D eigenvalue weighted by atomic mass is 15.3. The highest BCUT2D eigenvalue weighted by Gasteiger charge is 2.48.